The summed E-state index contributed by atoms with van der Waals surface area (Å²) >= 11 is 0. The van der Waals surface area contributed by atoms with Crippen LogP contribution in [0.3, 0.4) is 0 Å². The first kappa shape index (κ1) is 24.1. The zero-order chi connectivity index (χ0) is 24.7. The lowest BCUT2D eigenvalue weighted by Gasteiger charge is -2.56. The first-order chi connectivity index (χ1) is 16.9. The number of ether oxygens (including phenoxy) is 2. The lowest BCUT2D eigenvalue weighted by Crippen LogP contribution is -2.68. The number of carbonyl (C=O) groups is 2. The van der Waals surface area contributed by atoms with Crippen molar-refractivity contribution in [3.05, 3.63) is 29.5 Å². The average molecular weight is 485 g/mol. The fourth-order valence-corrected chi connectivity index (χ4v) is 6.15. The van der Waals surface area contributed by atoms with Crippen LogP contribution in [0.5, 0.6) is 5.75 Å². The van der Waals surface area contributed by atoms with Gasteiger partial charge in [-0.25, -0.2) is 0 Å². The summed E-state index contributed by atoms with van der Waals surface area (Å²) < 4.78 is 13.0. The summed E-state index contributed by atoms with van der Waals surface area (Å²) in [5.74, 6) is 0.938. The highest BCUT2D eigenvalue weighted by molar-refractivity contribution is 5.91. The van der Waals surface area contributed by atoms with Crippen molar-refractivity contribution in [3.8, 4) is 5.75 Å². The Kier molecular flexibility index (Phi) is 6.50. The number of benzene rings is 1. The minimum absolute atomic E-state index is 0.0112. The van der Waals surface area contributed by atoms with Crippen LogP contribution in [0.4, 0.5) is 0 Å². The molecule has 1 spiro atoms. The molecule has 3 aliphatic rings. The Morgan fingerprint density at radius 3 is 2.57 bits per heavy atom. The first-order valence-corrected chi connectivity index (χ1v) is 12.6. The second kappa shape index (κ2) is 9.44. The number of fused-ring (bicyclic) bond motifs is 4. The van der Waals surface area contributed by atoms with E-state index in [0.29, 0.717) is 45.8 Å². The number of hydrogen-bond donors (Lipinski definition) is 1. The molecule has 2 fully saturated rings. The fraction of sp³-hybridized carbons (Fsp3) is 0.615. The highest BCUT2D eigenvalue weighted by Gasteiger charge is 2.55. The van der Waals surface area contributed by atoms with Crippen LogP contribution in [-0.4, -0.2) is 102 Å². The zero-order valence-electron chi connectivity index (χ0n) is 21.0. The van der Waals surface area contributed by atoms with Crippen LogP contribution >= 0.6 is 0 Å². The van der Waals surface area contributed by atoms with Crippen LogP contribution in [0.25, 0.3) is 10.9 Å². The van der Waals surface area contributed by atoms with E-state index >= 15 is 0 Å². The number of methoxy groups -OCH3 is 1. The van der Waals surface area contributed by atoms with Crippen LogP contribution in [-0.2, 0) is 26.8 Å². The molecule has 9 heteroatoms. The van der Waals surface area contributed by atoms with Gasteiger partial charge in [0.05, 0.1) is 50.4 Å². The summed E-state index contributed by atoms with van der Waals surface area (Å²) in [6, 6.07) is 5.60. The van der Waals surface area contributed by atoms with E-state index < -0.39 is 6.04 Å². The second-order valence-electron chi connectivity index (χ2n) is 10.1. The number of nitrogens with zero attached hydrogens (tertiary/aromatic N) is 4. The number of amides is 2. The zero-order valence-corrected chi connectivity index (χ0v) is 21.0. The summed E-state index contributed by atoms with van der Waals surface area (Å²) in [7, 11) is 3.64. The highest BCUT2D eigenvalue weighted by atomic mass is 16.5. The summed E-state index contributed by atoms with van der Waals surface area (Å²) in [6.07, 6.45) is 1.35. The van der Waals surface area contributed by atoms with Gasteiger partial charge in [0.1, 0.15) is 5.75 Å². The van der Waals surface area contributed by atoms with Gasteiger partial charge in [0.2, 0.25) is 11.8 Å². The minimum Gasteiger partial charge on any atom is -0.497 e. The van der Waals surface area contributed by atoms with Crippen molar-refractivity contribution in [3.63, 3.8) is 0 Å². The molecule has 2 amide bonds. The van der Waals surface area contributed by atoms with Crippen molar-refractivity contribution in [1.82, 2.24) is 19.3 Å². The summed E-state index contributed by atoms with van der Waals surface area (Å²) in [5, 5.41) is 11.7. The quantitative estimate of drug-likeness (QED) is 0.665. The molecule has 0 unspecified atom stereocenters. The summed E-state index contributed by atoms with van der Waals surface area (Å²) in [5.41, 5.74) is 2.78. The molecular formula is C26H36N4O5. The van der Waals surface area contributed by atoms with Gasteiger partial charge in [0.15, 0.2) is 0 Å². The monoisotopic (exact) mass is 484 g/mol. The van der Waals surface area contributed by atoms with E-state index in [9.17, 15) is 14.7 Å². The Hall–Kier alpha value is -2.62. The normalized spacial score (nSPS) is 21.8. The van der Waals surface area contributed by atoms with Crippen LogP contribution in [0.2, 0.25) is 0 Å². The van der Waals surface area contributed by atoms with Crippen molar-refractivity contribution in [2.75, 3.05) is 66.2 Å². The van der Waals surface area contributed by atoms with Gasteiger partial charge < -0.3 is 28.9 Å². The molecule has 1 aromatic carbocycles. The number of hydrogen-bond acceptors (Lipinski definition) is 6. The predicted octanol–water partition coefficient (Wildman–Crippen LogP) is 1.27. The minimum atomic E-state index is -0.437. The van der Waals surface area contributed by atoms with Gasteiger partial charge in [0, 0.05) is 63.3 Å². The molecule has 4 heterocycles. The van der Waals surface area contributed by atoms with E-state index in [1.807, 2.05) is 35.9 Å². The molecule has 1 aromatic heterocycles. The Morgan fingerprint density at radius 1 is 1.17 bits per heavy atom. The molecule has 3 aliphatic heterocycles. The van der Waals surface area contributed by atoms with Crippen molar-refractivity contribution in [1.29, 1.82) is 0 Å². The van der Waals surface area contributed by atoms with Gasteiger partial charge in [-0.05, 0) is 24.1 Å². The van der Waals surface area contributed by atoms with E-state index in [1.54, 1.807) is 7.11 Å². The van der Waals surface area contributed by atoms with Crippen molar-refractivity contribution in [2.24, 2.45) is 7.05 Å². The number of morpholine rings is 1. The predicted molar refractivity (Wildman–Crippen MR) is 131 cm³/mol. The van der Waals surface area contributed by atoms with Crippen molar-refractivity contribution in [2.45, 2.75) is 31.2 Å². The summed E-state index contributed by atoms with van der Waals surface area (Å²) in [6.45, 7) is 6.55. The number of rotatable bonds is 6. The first-order valence-electron chi connectivity index (χ1n) is 12.6. The lowest BCUT2D eigenvalue weighted by atomic mass is 9.68. The third-order valence-electron chi connectivity index (χ3n) is 7.91. The molecule has 5 rings (SSSR count). The molecule has 1 N–H and O–H groups in total. The maximum absolute atomic E-state index is 13.6. The Labute approximate surface area is 206 Å². The van der Waals surface area contributed by atoms with E-state index in [-0.39, 0.29) is 23.8 Å². The lowest BCUT2D eigenvalue weighted by molar-refractivity contribution is -0.146. The summed E-state index contributed by atoms with van der Waals surface area (Å²) in [4.78, 5) is 32.2. The molecule has 190 valence electrons. The maximum atomic E-state index is 13.6. The van der Waals surface area contributed by atoms with Crippen molar-refractivity contribution >= 4 is 22.7 Å². The average Bonchev–Trinajstić information content (AvgIpc) is 3.14. The third kappa shape index (κ3) is 3.99. The fourth-order valence-electron chi connectivity index (χ4n) is 6.15. The van der Waals surface area contributed by atoms with Gasteiger partial charge in [-0.1, -0.05) is 6.92 Å². The largest absolute Gasteiger partial charge is 0.497 e. The SMILES string of the molecule is CCCC(=O)N1CC2(C1)CN(C(=O)CN1CCOCC1)[C@H](CO)c1c2c2ccc(OC)cc2n1C. The van der Waals surface area contributed by atoms with Gasteiger partial charge in [-0.15, -0.1) is 0 Å². The Balaban J connectivity index is 1.56. The van der Waals surface area contributed by atoms with Gasteiger partial charge in [-0.2, -0.15) is 0 Å². The Bertz CT molecular complexity index is 1120. The van der Waals surface area contributed by atoms with E-state index in [2.05, 4.69) is 15.5 Å². The number of likely N-dealkylation sites (tertiary alicyclic amines) is 1. The van der Waals surface area contributed by atoms with Crippen LogP contribution < -0.4 is 4.74 Å². The van der Waals surface area contributed by atoms with E-state index in [0.717, 1.165) is 47.4 Å². The molecule has 2 aromatic rings. The van der Waals surface area contributed by atoms with Crippen LogP contribution in [0.15, 0.2) is 18.2 Å². The number of aromatic nitrogens is 1. The third-order valence-corrected chi connectivity index (χ3v) is 7.91. The van der Waals surface area contributed by atoms with E-state index in [4.69, 9.17) is 9.47 Å². The van der Waals surface area contributed by atoms with Crippen LogP contribution in [0, 0.1) is 0 Å². The van der Waals surface area contributed by atoms with E-state index in [1.165, 1.54) is 0 Å². The maximum Gasteiger partial charge on any atom is 0.237 e. The highest BCUT2D eigenvalue weighted by Crippen LogP contribution is 2.49. The molecule has 0 bridgehead atoms. The second-order valence-corrected chi connectivity index (χ2v) is 10.1. The number of carbonyl (C=O) groups excluding carboxylic acids is 2. The Morgan fingerprint density at radius 2 is 1.91 bits per heavy atom. The molecular weight excluding hydrogens is 448 g/mol. The number of aliphatic hydroxyl groups excluding tert-OH is 1. The molecule has 0 aliphatic carbocycles. The smallest absolute Gasteiger partial charge is 0.237 e. The molecule has 9 nitrogen and oxygen atoms in total. The standard InChI is InChI=1S/C26H36N4O5/c1-4-5-22(32)29-15-26(16-29)17-30(23(33)13-28-8-10-35-11-9-28)21(14-31)25-24(26)19-7-6-18(34-3)12-20(19)27(25)2/h6-7,12,21,31H,4-5,8-11,13-17H2,1-3H3/t21-/m1/s1. The molecule has 0 radical (unpaired) electrons. The van der Waals surface area contributed by atoms with Gasteiger partial charge in [0.25, 0.3) is 0 Å². The molecule has 35 heavy (non-hydrogen) atoms. The van der Waals surface area contributed by atoms with Crippen molar-refractivity contribution < 1.29 is 24.2 Å². The van der Waals surface area contributed by atoms with Crippen LogP contribution in [0.1, 0.15) is 37.1 Å². The molecule has 1 atom stereocenters. The van der Waals surface area contributed by atoms with Gasteiger partial charge >= 0.3 is 0 Å². The number of aliphatic hydroxyl groups is 1. The molecule has 0 saturated carbocycles. The van der Waals surface area contributed by atoms with Gasteiger partial charge in [-0.3, -0.25) is 14.5 Å². The topological polar surface area (TPSA) is 87.5 Å². The molecule has 2 saturated heterocycles. The number of aryl methyl sites for hydroxylation is 1.